The van der Waals surface area contributed by atoms with Crippen molar-refractivity contribution >= 4 is 26.6 Å². The van der Waals surface area contributed by atoms with Gasteiger partial charge in [0, 0.05) is 17.6 Å². The molecule has 1 N–H and O–H groups in total. The average molecular weight is 333 g/mol. The predicted octanol–water partition coefficient (Wildman–Crippen LogP) is 2.58. The highest BCUT2D eigenvalue weighted by Crippen LogP contribution is 2.25. The van der Waals surface area contributed by atoms with E-state index in [-0.39, 0.29) is 21.5 Å². The largest absolute Gasteiger partial charge is 0.481 e. The van der Waals surface area contributed by atoms with Crippen molar-refractivity contribution in [1.82, 2.24) is 9.97 Å². The number of aromatic nitrogens is 2. The second-order valence-corrected chi connectivity index (χ2v) is 6.29. The van der Waals surface area contributed by atoms with E-state index < -0.39 is 15.8 Å². The Hall–Kier alpha value is -2.74. The maximum absolute atomic E-state index is 13.8. The molecule has 0 radical (unpaired) electrons. The van der Waals surface area contributed by atoms with E-state index in [0.29, 0.717) is 5.88 Å². The first-order valence-electron chi connectivity index (χ1n) is 6.57. The van der Waals surface area contributed by atoms with Crippen LogP contribution in [-0.4, -0.2) is 25.5 Å². The molecule has 3 rings (SSSR count). The number of hydrogen-bond donors (Lipinski definition) is 1. The Morgan fingerprint density at radius 3 is 2.65 bits per heavy atom. The molecule has 0 fully saturated rings. The highest BCUT2D eigenvalue weighted by Gasteiger charge is 2.19. The van der Waals surface area contributed by atoms with Gasteiger partial charge in [0.1, 0.15) is 11.3 Å². The van der Waals surface area contributed by atoms with Crippen molar-refractivity contribution in [2.75, 3.05) is 11.8 Å². The number of sulfonamides is 1. The first kappa shape index (κ1) is 15.2. The summed E-state index contributed by atoms with van der Waals surface area (Å²) in [4.78, 5) is 7.76. The zero-order valence-electron chi connectivity index (χ0n) is 12.0. The molecular weight excluding hydrogens is 321 g/mol. The molecule has 3 aromatic rings. The number of methoxy groups -OCH3 is 1. The molecule has 1 aromatic carbocycles. The summed E-state index contributed by atoms with van der Waals surface area (Å²) < 4.78 is 46.2. The number of rotatable bonds is 4. The van der Waals surface area contributed by atoms with Crippen LogP contribution in [0.25, 0.3) is 10.9 Å². The van der Waals surface area contributed by atoms with E-state index in [1.54, 1.807) is 6.07 Å². The minimum absolute atomic E-state index is 0.00299. The van der Waals surface area contributed by atoms with Gasteiger partial charge in [-0.3, -0.25) is 9.71 Å². The lowest BCUT2D eigenvalue weighted by Gasteiger charge is -2.10. The van der Waals surface area contributed by atoms with E-state index in [2.05, 4.69) is 14.7 Å². The van der Waals surface area contributed by atoms with Crippen LogP contribution in [0.1, 0.15) is 0 Å². The second-order valence-electron chi connectivity index (χ2n) is 4.64. The first-order valence-corrected chi connectivity index (χ1v) is 8.06. The molecule has 2 aromatic heterocycles. The zero-order chi connectivity index (χ0) is 16.4. The van der Waals surface area contributed by atoms with Crippen molar-refractivity contribution in [3.05, 3.63) is 54.6 Å². The Kier molecular flexibility index (Phi) is 3.83. The van der Waals surface area contributed by atoms with E-state index in [4.69, 9.17) is 4.74 Å². The molecule has 0 spiro atoms. The third-order valence-corrected chi connectivity index (χ3v) is 4.61. The van der Waals surface area contributed by atoms with E-state index in [9.17, 15) is 12.8 Å². The third-order valence-electron chi connectivity index (χ3n) is 3.17. The van der Waals surface area contributed by atoms with Gasteiger partial charge in [-0.1, -0.05) is 0 Å². The number of nitrogens with one attached hydrogen (secondary N) is 1. The number of hydrogen-bond acceptors (Lipinski definition) is 5. The lowest BCUT2D eigenvalue weighted by Crippen LogP contribution is -2.14. The lowest BCUT2D eigenvalue weighted by molar-refractivity contribution is 0.398. The van der Waals surface area contributed by atoms with Gasteiger partial charge in [0.2, 0.25) is 5.88 Å². The van der Waals surface area contributed by atoms with Crippen LogP contribution in [0.2, 0.25) is 0 Å². The summed E-state index contributed by atoms with van der Waals surface area (Å²) >= 11 is 0. The predicted molar refractivity (Wildman–Crippen MR) is 83.3 cm³/mol. The van der Waals surface area contributed by atoms with Crippen molar-refractivity contribution in [2.24, 2.45) is 0 Å². The Morgan fingerprint density at radius 1 is 1.13 bits per heavy atom. The van der Waals surface area contributed by atoms with Gasteiger partial charge in [-0.2, -0.15) is 0 Å². The Morgan fingerprint density at radius 2 is 1.96 bits per heavy atom. The van der Waals surface area contributed by atoms with Gasteiger partial charge in [0.25, 0.3) is 10.0 Å². The Bertz CT molecular complexity index is 959. The zero-order valence-corrected chi connectivity index (χ0v) is 12.8. The summed E-state index contributed by atoms with van der Waals surface area (Å²) in [5.74, 6) is -0.213. The Labute approximate surface area is 132 Å². The van der Waals surface area contributed by atoms with Gasteiger partial charge in [-0.25, -0.2) is 17.8 Å². The molecule has 0 bridgehead atoms. The SMILES string of the molecule is COc1ccc(NS(=O)(=O)c2ccc(F)c3ncccc23)cn1. The number of anilines is 1. The minimum Gasteiger partial charge on any atom is -0.481 e. The van der Waals surface area contributed by atoms with E-state index in [0.717, 1.165) is 6.07 Å². The van der Waals surface area contributed by atoms with Crippen LogP contribution in [0.3, 0.4) is 0 Å². The van der Waals surface area contributed by atoms with Gasteiger partial charge in [-0.15, -0.1) is 0 Å². The van der Waals surface area contributed by atoms with Crippen LogP contribution in [0.15, 0.2) is 53.7 Å². The van der Waals surface area contributed by atoms with Gasteiger partial charge >= 0.3 is 0 Å². The monoisotopic (exact) mass is 333 g/mol. The first-order chi connectivity index (χ1) is 11.0. The minimum atomic E-state index is -3.91. The molecule has 0 unspecified atom stereocenters. The fourth-order valence-corrected chi connectivity index (χ4v) is 3.36. The van der Waals surface area contributed by atoms with E-state index in [1.807, 2.05) is 0 Å². The molecule has 0 aliphatic carbocycles. The third kappa shape index (κ3) is 2.93. The summed E-state index contributed by atoms with van der Waals surface area (Å²) in [7, 11) is -2.45. The van der Waals surface area contributed by atoms with Crippen molar-refractivity contribution in [2.45, 2.75) is 4.90 Å². The molecule has 2 heterocycles. The van der Waals surface area contributed by atoms with Crippen LogP contribution in [-0.2, 0) is 10.0 Å². The second kappa shape index (κ2) is 5.81. The summed E-state index contributed by atoms with van der Waals surface area (Å²) in [5.41, 5.74) is 0.274. The van der Waals surface area contributed by atoms with E-state index >= 15 is 0 Å². The fourth-order valence-electron chi connectivity index (χ4n) is 2.12. The highest BCUT2D eigenvalue weighted by molar-refractivity contribution is 7.93. The van der Waals surface area contributed by atoms with Gasteiger partial charge in [0.05, 0.1) is 23.9 Å². The number of halogens is 1. The highest BCUT2D eigenvalue weighted by atomic mass is 32.2. The van der Waals surface area contributed by atoms with Gasteiger partial charge in [0.15, 0.2) is 0 Å². The Balaban J connectivity index is 2.04. The molecule has 8 heteroatoms. The summed E-state index contributed by atoms with van der Waals surface area (Å²) in [6.45, 7) is 0. The number of nitrogens with zero attached hydrogens (tertiary/aromatic N) is 2. The van der Waals surface area contributed by atoms with Crippen LogP contribution in [0, 0.1) is 5.82 Å². The van der Waals surface area contributed by atoms with Crippen LogP contribution >= 0.6 is 0 Å². The molecule has 118 valence electrons. The molecule has 0 aliphatic rings. The molecule has 0 saturated heterocycles. The van der Waals surface area contributed by atoms with Crippen LogP contribution in [0.4, 0.5) is 10.1 Å². The van der Waals surface area contributed by atoms with E-state index in [1.165, 1.54) is 43.8 Å². The van der Waals surface area contributed by atoms with Crippen molar-refractivity contribution < 1.29 is 17.5 Å². The molecule has 0 aliphatic heterocycles. The topological polar surface area (TPSA) is 81.2 Å². The standard InChI is InChI=1S/C15H12FN3O3S/c1-22-14-7-4-10(9-18-14)19-23(20,21)13-6-5-12(16)15-11(13)3-2-8-17-15/h2-9,19H,1H3. The number of ether oxygens (including phenoxy) is 1. The van der Waals surface area contributed by atoms with Crippen molar-refractivity contribution in [3.8, 4) is 5.88 Å². The summed E-state index contributed by atoms with van der Waals surface area (Å²) in [6.07, 6.45) is 2.74. The van der Waals surface area contributed by atoms with Gasteiger partial charge < -0.3 is 4.74 Å². The number of benzene rings is 1. The summed E-state index contributed by atoms with van der Waals surface area (Å²) in [5, 5.41) is 0.210. The quantitative estimate of drug-likeness (QED) is 0.793. The normalized spacial score (nSPS) is 11.4. The number of fused-ring (bicyclic) bond motifs is 1. The molecule has 23 heavy (non-hydrogen) atoms. The molecule has 0 amide bonds. The smallest absolute Gasteiger partial charge is 0.262 e. The van der Waals surface area contributed by atoms with Crippen LogP contribution < -0.4 is 9.46 Å². The summed E-state index contributed by atoms with van der Waals surface area (Å²) in [6, 6.07) is 8.40. The molecule has 6 nitrogen and oxygen atoms in total. The molecule has 0 atom stereocenters. The number of pyridine rings is 2. The average Bonchev–Trinajstić information content (AvgIpc) is 2.55. The van der Waals surface area contributed by atoms with Crippen molar-refractivity contribution in [1.29, 1.82) is 0 Å². The van der Waals surface area contributed by atoms with Crippen LogP contribution in [0.5, 0.6) is 5.88 Å². The maximum Gasteiger partial charge on any atom is 0.262 e. The fraction of sp³-hybridized carbons (Fsp3) is 0.0667. The molecular formula is C15H12FN3O3S. The van der Waals surface area contributed by atoms with Gasteiger partial charge in [-0.05, 0) is 30.3 Å². The maximum atomic E-state index is 13.8. The lowest BCUT2D eigenvalue weighted by atomic mass is 10.2. The van der Waals surface area contributed by atoms with Crippen molar-refractivity contribution in [3.63, 3.8) is 0 Å². The molecule has 0 saturated carbocycles.